The number of ether oxygens (including phenoxy) is 2. The molecule has 0 aliphatic carbocycles. The fraction of sp³-hybridized carbons (Fsp3) is 0.429. The molecule has 0 unspecified atom stereocenters. The maximum absolute atomic E-state index is 12.3. The summed E-state index contributed by atoms with van der Waals surface area (Å²) in [6.07, 6.45) is 0. The Labute approximate surface area is 126 Å². The lowest BCUT2D eigenvalue weighted by Crippen LogP contribution is -2.28. The van der Waals surface area contributed by atoms with Crippen LogP contribution in [0.2, 0.25) is 0 Å². The molecule has 6 nitrogen and oxygen atoms in total. The smallest absolute Gasteiger partial charge is 0.244 e. The molecular formula is C14H22N2O4S. The van der Waals surface area contributed by atoms with Crippen LogP contribution in [0.4, 0.5) is 5.69 Å². The minimum absolute atomic E-state index is 0.0317. The maximum atomic E-state index is 12.3. The SMILES string of the molecule is C=C(C)COCCNS(=O)(=O)c1cc(N)ccc1OCC. The second-order valence-electron chi connectivity index (χ2n) is 4.55. The summed E-state index contributed by atoms with van der Waals surface area (Å²) in [6.45, 7) is 8.52. The molecule has 1 aromatic carbocycles. The van der Waals surface area contributed by atoms with Crippen molar-refractivity contribution in [2.24, 2.45) is 0 Å². The Hall–Kier alpha value is -1.57. The standard InChI is InChI=1S/C14H22N2O4S/c1-4-20-13-6-5-12(15)9-14(13)21(17,18)16-7-8-19-10-11(2)3/h5-6,9,16H,2,4,7-8,10,15H2,1,3H3. The van der Waals surface area contributed by atoms with Crippen LogP contribution < -0.4 is 15.2 Å². The van der Waals surface area contributed by atoms with Gasteiger partial charge in [-0.05, 0) is 32.0 Å². The number of nitrogens with one attached hydrogen (secondary N) is 1. The van der Waals surface area contributed by atoms with Crippen molar-refractivity contribution in [3.05, 3.63) is 30.4 Å². The highest BCUT2D eigenvalue weighted by atomic mass is 32.2. The summed E-state index contributed by atoms with van der Waals surface area (Å²) in [5.74, 6) is 0.280. The van der Waals surface area contributed by atoms with Gasteiger partial charge in [0.15, 0.2) is 0 Å². The van der Waals surface area contributed by atoms with Crippen molar-refractivity contribution in [2.45, 2.75) is 18.7 Å². The maximum Gasteiger partial charge on any atom is 0.244 e. The van der Waals surface area contributed by atoms with Crippen molar-refractivity contribution >= 4 is 15.7 Å². The average Bonchev–Trinajstić information content (AvgIpc) is 2.40. The first-order valence-electron chi connectivity index (χ1n) is 6.61. The summed E-state index contributed by atoms with van der Waals surface area (Å²) in [6, 6.07) is 4.52. The first kappa shape index (κ1) is 17.5. The summed E-state index contributed by atoms with van der Waals surface area (Å²) in [7, 11) is -3.69. The lowest BCUT2D eigenvalue weighted by Gasteiger charge is -2.12. The summed E-state index contributed by atoms with van der Waals surface area (Å²) in [4.78, 5) is 0.0317. The van der Waals surface area contributed by atoms with Gasteiger partial charge in [-0.25, -0.2) is 13.1 Å². The third kappa shape index (κ3) is 5.74. The van der Waals surface area contributed by atoms with E-state index in [4.69, 9.17) is 15.2 Å². The molecule has 7 heteroatoms. The highest BCUT2D eigenvalue weighted by Crippen LogP contribution is 2.25. The van der Waals surface area contributed by atoms with Gasteiger partial charge in [0.1, 0.15) is 10.6 Å². The van der Waals surface area contributed by atoms with E-state index in [0.29, 0.717) is 18.9 Å². The predicted molar refractivity (Wildman–Crippen MR) is 82.8 cm³/mol. The molecule has 0 saturated heterocycles. The molecule has 1 aromatic rings. The van der Waals surface area contributed by atoms with Crippen molar-refractivity contribution in [2.75, 3.05) is 32.1 Å². The average molecular weight is 314 g/mol. The molecule has 0 radical (unpaired) electrons. The van der Waals surface area contributed by atoms with Crippen LogP contribution >= 0.6 is 0 Å². The van der Waals surface area contributed by atoms with E-state index < -0.39 is 10.0 Å². The second-order valence-corrected chi connectivity index (χ2v) is 6.28. The third-order valence-corrected chi connectivity index (χ3v) is 3.93. The molecule has 0 heterocycles. The minimum Gasteiger partial charge on any atom is -0.492 e. The number of anilines is 1. The molecule has 0 fully saturated rings. The Morgan fingerprint density at radius 2 is 2.14 bits per heavy atom. The van der Waals surface area contributed by atoms with E-state index in [2.05, 4.69) is 11.3 Å². The molecule has 21 heavy (non-hydrogen) atoms. The number of benzene rings is 1. The molecule has 0 bridgehead atoms. The van der Waals surface area contributed by atoms with Crippen LogP contribution in [0.1, 0.15) is 13.8 Å². The zero-order valence-corrected chi connectivity index (χ0v) is 13.2. The Bertz CT molecular complexity index is 585. The van der Waals surface area contributed by atoms with E-state index in [9.17, 15) is 8.42 Å². The zero-order valence-electron chi connectivity index (χ0n) is 12.4. The van der Waals surface area contributed by atoms with Crippen molar-refractivity contribution < 1.29 is 17.9 Å². The van der Waals surface area contributed by atoms with Crippen molar-refractivity contribution in [1.29, 1.82) is 0 Å². The summed E-state index contributed by atoms with van der Waals surface area (Å²) in [5.41, 5.74) is 6.89. The first-order valence-corrected chi connectivity index (χ1v) is 8.09. The number of hydrogen-bond donors (Lipinski definition) is 2. The van der Waals surface area contributed by atoms with Crippen molar-refractivity contribution in [1.82, 2.24) is 4.72 Å². The van der Waals surface area contributed by atoms with Gasteiger partial charge in [0, 0.05) is 12.2 Å². The van der Waals surface area contributed by atoms with Gasteiger partial charge in [0.25, 0.3) is 0 Å². The largest absolute Gasteiger partial charge is 0.492 e. The van der Waals surface area contributed by atoms with Crippen LogP contribution in [0, 0.1) is 0 Å². The van der Waals surface area contributed by atoms with E-state index >= 15 is 0 Å². The van der Waals surface area contributed by atoms with E-state index in [-0.39, 0.29) is 23.8 Å². The fourth-order valence-electron chi connectivity index (χ4n) is 1.58. The highest BCUT2D eigenvalue weighted by Gasteiger charge is 2.19. The Morgan fingerprint density at radius 1 is 1.43 bits per heavy atom. The molecule has 0 aliphatic heterocycles. The molecule has 118 valence electrons. The van der Waals surface area contributed by atoms with E-state index in [1.165, 1.54) is 6.07 Å². The fourth-order valence-corrected chi connectivity index (χ4v) is 2.77. The number of sulfonamides is 1. The minimum atomic E-state index is -3.69. The Balaban J connectivity index is 2.73. The lowest BCUT2D eigenvalue weighted by atomic mass is 10.3. The third-order valence-electron chi connectivity index (χ3n) is 2.44. The quantitative estimate of drug-likeness (QED) is 0.410. The van der Waals surface area contributed by atoms with Crippen LogP contribution in [0.3, 0.4) is 0 Å². The van der Waals surface area contributed by atoms with Crippen LogP contribution in [0.15, 0.2) is 35.2 Å². The number of rotatable bonds is 9. The molecule has 0 spiro atoms. The van der Waals surface area contributed by atoms with Crippen LogP contribution in [0.25, 0.3) is 0 Å². The molecule has 3 N–H and O–H groups in total. The molecule has 1 rings (SSSR count). The molecular weight excluding hydrogens is 292 g/mol. The Morgan fingerprint density at radius 3 is 2.76 bits per heavy atom. The van der Waals surface area contributed by atoms with Gasteiger partial charge in [-0.1, -0.05) is 12.2 Å². The summed E-state index contributed by atoms with van der Waals surface area (Å²) < 4.78 is 37.5. The molecule has 0 saturated carbocycles. The molecule has 0 amide bonds. The van der Waals surface area contributed by atoms with E-state index in [1.54, 1.807) is 19.1 Å². The predicted octanol–water partition coefficient (Wildman–Crippen LogP) is 1.54. The van der Waals surface area contributed by atoms with Crippen molar-refractivity contribution in [3.8, 4) is 5.75 Å². The molecule has 0 aliphatic rings. The Kier molecular flexibility index (Phi) is 6.67. The van der Waals surface area contributed by atoms with Crippen LogP contribution in [0.5, 0.6) is 5.75 Å². The van der Waals surface area contributed by atoms with Gasteiger partial charge >= 0.3 is 0 Å². The van der Waals surface area contributed by atoms with Gasteiger partial charge in [-0.2, -0.15) is 0 Å². The number of nitrogens with two attached hydrogens (primary N) is 1. The number of hydrogen-bond acceptors (Lipinski definition) is 5. The number of nitrogen functional groups attached to an aromatic ring is 1. The van der Waals surface area contributed by atoms with Gasteiger partial charge in [-0.15, -0.1) is 0 Å². The topological polar surface area (TPSA) is 90.7 Å². The van der Waals surface area contributed by atoms with E-state index in [1.807, 2.05) is 6.92 Å². The van der Waals surface area contributed by atoms with Crippen LogP contribution in [-0.2, 0) is 14.8 Å². The molecule has 0 aromatic heterocycles. The zero-order chi connectivity index (χ0) is 15.9. The second kappa shape index (κ2) is 8.02. The van der Waals surface area contributed by atoms with Gasteiger partial charge < -0.3 is 15.2 Å². The normalized spacial score (nSPS) is 11.3. The highest BCUT2D eigenvalue weighted by molar-refractivity contribution is 7.89. The molecule has 0 atom stereocenters. The summed E-state index contributed by atoms with van der Waals surface area (Å²) in [5, 5.41) is 0. The first-order chi connectivity index (χ1) is 9.86. The van der Waals surface area contributed by atoms with Gasteiger partial charge in [0.2, 0.25) is 10.0 Å². The summed E-state index contributed by atoms with van der Waals surface area (Å²) >= 11 is 0. The van der Waals surface area contributed by atoms with Gasteiger partial charge in [-0.3, -0.25) is 0 Å². The van der Waals surface area contributed by atoms with Gasteiger partial charge in [0.05, 0.1) is 19.8 Å². The van der Waals surface area contributed by atoms with Crippen LogP contribution in [-0.4, -0.2) is 34.8 Å². The monoisotopic (exact) mass is 314 g/mol. The van der Waals surface area contributed by atoms with Crippen molar-refractivity contribution in [3.63, 3.8) is 0 Å². The lowest BCUT2D eigenvalue weighted by molar-refractivity contribution is 0.162. The van der Waals surface area contributed by atoms with E-state index in [0.717, 1.165) is 5.57 Å².